The molecule has 19 heavy (non-hydrogen) atoms. The largest absolute Gasteiger partial charge is 0.488 e. The summed E-state index contributed by atoms with van der Waals surface area (Å²) in [6.07, 6.45) is 0. The molecular weight excluding hydrogens is 274 g/mol. The third-order valence-electron chi connectivity index (χ3n) is 2.74. The average molecular weight is 287 g/mol. The van der Waals surface area contributed by atoms with Gasteiger partial charge in [-0.15, -0.1) is 22.7 Å². The van der Waals surface area contributed by atoms with Crippen LogP contribution in [0.5, 0.6) is 5.75 Å². The first-order valence-electron chi connectivity index (χ1n) is 6.01. The van der Waals surface area contributed by atoms with Crippen molar-refractivity contribution in [3.8, 4) is 15.6 Å². The van der Waals surface area contributed by atoms with E-state index in [0.717, 1.165) is 16.5 Å². The Hall–Kier alpha value is -1.65. The van der Waals surface area contributed by atoms with E-state index in [1.54, 1.807) is 22.7 Å². The normalized spacial score (nSPS) is 10.6. The summed E-state index contributed by atoms with van der Waals surface area (Å²) in [5.74, 6) is 0.896. The summed E-state index contributed by atoms with van der Waals surface area (Å²) in [6, 6.07) is 14.0. The van der Waals surface area contributed by atoms with E-state index in [2.05, 4.69) is 22.5 Å². The van der Waals surface area contributed by atoms with Gasteiger partial charge in [0.2, 0.25) is 0 Å². The average Bonchev–Trinajstić information content (AvgIpc) is 3.07. The number of benzene rings is 1. The lowest BCUT2D eigenvalue weighted by Gasteiger charge is -2.03. The molecule has 0 saturated carbocycles. The number of thiophene rings is 1. The molecule has 0 fully saturated rings. The van der Waals surface area contributed by atoms with E-state index in [9.17, 15) is 0 Å². The molecule has 4 heteroatoms. The highest BCUT2D eigenvalue weighted by Gasteiger charge is 2.10. The van der Waals surface area contributed by atoms with Gasteiger partial charge in [0.25, 0.3) is 0 Å². The van der Waals surface area contributed by atoms with Gasteiger partial charge >= 0.3 is 0 Å². The molecule has 0 spiro atoms. The second-order valence-corrected chi connectivity index (χ2v) is 6.14. The van der Waals surface area contributed by atoms with Gasteiger partial charge in [-0.3, -0.25) is 0 Å². The van der Waals surface area contributed by atoms with E-state index in [-0.39, 0.29) is 0 Å². The molecule has 2 aromatic heterocycles. The smallest absolute Gasteiger partial charge is 0.134 e. The molecule has 2 heterocycles. The van der Waals surface area contributed by atoms with E-state index in [1.807, 2.05) is 37.3 Å². The zero-order chi connectivity index (χ0) is 13.1. The minimum absolute atomic E-state index is 0.582. The second kappa shape index (κ2) is 5.55. The van der Waals surface area contributed by atoms with Crippen LogP contribution in [0.25, 0.3) is 9.88 Å². The van der Waals surface area contributed by atoms with Crippen molar-refractivity contribution in [3.05, 3.63) is 58.4 Å². The van der Waals surface area contributed by atoms with Gasteiger partial charge in [-0.05, 0) is 30.5 Å². The van der Waals surface area contributed by atoms with Gasteiger partial charge < -0.3 is 4.74 Å². The van der Waals surface area contributed by atoms with Gasteiger partial charge in [-0.1, -0.05) is 24.3 Å². The molecule has 0 amide bonds. The summed E-state index contributed by atoms with van der Waals surface area (Å²) in [4.78, 5) is 7.02. The van der Waals surface area contributed by atoms with Crippen molar-refractivity contribution in [2.24, 2.45) is 0 Å². The first-order chi connectivity index (χ1) is 9.33. The molecular formula is C15H13NOS2. The van der Waals surface area contributed by atoms with Gasteiger partial charge in [0.05, 0.1) is 15.4 Å². The lowest BCUT2D eigenvalue weighted by Crippen LogP contribution is -1.94. The lowest BCUT2D eigenvalue weighted by atomic mass is 10.3. The first kappa shape index (κ1) is 12.4. The molecule has 2 nitrogen and oxygen atoms in total. The van der Waals surface area contributed by atoms with Crippen LogP contribution in [-0.2, 0) is 6.61 Å². The second-order valence-electron chi connectivity index (χ2n) is 4.11. The minimum atomic E-state index is 0.582. The molecule has 0 aliphatic heterocycles. The maximum Gasteiger partial charge on any atom is 0.134 e. The van der Waals surface area contributed by atoms with Crippen LogP contribution in [0.15, 0.2) is 47.8 Å². The zero-order valence-corrected chi connectivity index (χ0v) is 12.1. The third-order valence-corrected chi connectivity index (χ3v) is 4.91. The van der Waals surface area contributed by atoms with Crippen LogP contribution >= 0.6 is 22.7 Å². The van der Waals surface area contributed by atoms with Crippen LogP contribution in [0.3, 0.4) is 0 Å². The molecule has 0 unspecified atom stereocenters. The summed E-state index contributed by atoms with van der Waals surface area (Å²) >= 11 is 3.43. The number of rotatable bonds is 4. The summed E-state index contributed by atoms with van der Waals surface area (Å²) in [5, 5.41) is 3.16. The Morgan fingerprint density at radius 3 is 2.68 bits per heavy atom. The zero-order valence-electron chi connectivity index (χ0n) is 10.5. The molecule has 0 aliphatic rings. The highest BCUT2D eigenvalue weighted by atomic mass is 32.1. The number of thiazole rings is 1. The number of hydrogen-bond donors (Lipinski definition) is 0. The quantitative estimate of drug-likeness (QED) is 0.690. The Labute approximate surface area is 120 Å². The first-order valence-corrected chi connectivity index (χ1v) is 7.70. The molecule has 1 aromatic carbocycles. The van der Waals surface area contributed by atoms with Crippen molar-refractivity contribution < 1.29 is 4.74 Å². The molecule has 0 bridgehead atoms. The third kappa shape index (κ3) is 2.85. The van der Waals surface area contributed by atoms with Crippen LogP contribution in [-0.4, -0.2) is 4.98 Å². The molecule has 0 radical (unpaired) electrons. The maximum absolute atomic E-state index is 5.78. The fourth-order valence-electron chi connectivity index (χ4n) is 1.73. The Morgan fingerprint density at radius 2 is 1.95 bits per heavy atom. The van der Waals surface area contributed by atoms with E-state index < -0.39 is 0 Å². The Kier molecular flexibility index (Phi) is 3.62. The van der Waals surface area contributed by atoms with Crippen molar-refractivity contribution in [1.82, 2.24) is 4.98 Å². The topological polar surface area (TPSA) is 22.1 Å². The van der Waals surface area contributed by atoms with Gasteiger partial charge in [-0.2, -0.15) is 0 Å². The molecule has 0 N–H and O–H groups in total. The fraction of sp³-hybridized carbons (Fsp3) is 0.133. The molecule has 0 aliphatic carbocycles. The number of ether oxygens (including phenoxy) is 1. The van der Waals surface area contributed by atoms with Gasteiger partial charge in [-0.25, -0.2) is 4.98 Å². The summed E-state index contributed by atoms with van der Waals surface area (Å²) in [7, 11) is 0. The maximum atomic E-state index is 5.78. The molecule has 3 aromatic rings. The van der Waals surface area contributed by atoms with Gasteiger partial charge in [0, 0.05) is 0 Å². The SMILES string of the molecule is Cc1nc(-c2cccs2)sc1COc1ccccc1. The number of aromatic nitrogens is 1. The van der Waals surface area contributed by atoms with Crippen molar-refractivity contribution in [2.45, 2.75) is 13.5 Å². The Balaban J connectivity index is 1.75. The molecule has 3 rings (SSSR count). The summed E-state index contributed by atoms with van der Waals surface area (Å²) in [6.45, 7) is 2.62. The highest BCUT2D eigenvalue weighted by Crippen LogP contribution is 2.31. The molecule has 0 atom stereocenters. The number of aryl methyl sites for hydroxylation is 1. The van der Waals surface area contributed by atoms with Crippen LogP contribution in [0.1, 0.15) is 10.6 Å². The van der Waals surface area contributed by atoms with Crippen molar-refractivity contribution >= 4 is 22.7 Å². The predicted octanol–water partition coefficient (Wildman–Crippen LogP) is 4.76. The monoisotopic (exact) mass is 287 g/mol. The number of hydrogen-bond acceptors (Lipinski definition) is 4. The van der Waals surface area contributed by atoms with Gasteiger partial charge in [0.15, 0.2) is 0 Å². The highest BCUT2D eigenvalue weighted by molar-refractivity contribution is 7.21. The van der Waals surface area contributed by atoms with Crippen LogP contribution < -0.4 is 4.74 Å². The van der Waals surface area contributed by atoms with Crippen molar-refractivity contribution in [1.29, 1.82) is 0 Å². The van der Waals surface area contributed by atoms with Gasteiger partial charge in [0.1, 0.15) is 17.4 Å². The lowest BCUT2D eigenvalue weighted by molar-refractivity contribution is 0.309. The summed E-state index contributed by atoms with van der Waals surface area (Å²) in [5.41, 5.74) is 1.06. The fourth-order valence-corrected chi connectivity index (χ4v) is 3.51. The van der Waals surface area contributed by atoms with Crippen LogP contribution in [0, 0.1) is 6.92 Å². The number of para-hydroxylation sites is 1. The Morgan fingerprint density at radius 1 is 1.11 bits per heavy atom. The summed E-state index contributed by atoms with van der Waals surface area (Å²) < 4.78 is 5.78. The predicted molar refractivity (Wildman–Crippen MR) is 80.9 cm³/mol. The Bertz CT molecular complexity index is 644. The van der Waals surface area contributed by atoms with E-state index in [1.165, 1.54) is 9.75 Å². The molecule has 96 valence electrons. The number of nitrogens with zero attached hydrogens (tertiary/aromatic N) is 1. The van der Waals surface area contributed by atoms with Crippen LogP contribution in [0.2, 0.25) is 0 Å². The van der Waals surface area contributed by atoms with Crippen molar-refractivity contribution in [3.63, 3.8) is 0 Å². The van der Waals surface area contributed by atoms with Crippen molar-refractivity contribution in [2.75, 3.05) is 0 Å². The van der Waals surface area contributed by atoms with E-state index >= 15 is 0 Å². The van der Waals surface area contributed by atoms with E-state index in [0.29, 0.717) is 6.61 Å². The van der Waals surface area contributed by atoms with E-state index in [4.69, 9.17) is 4.74 Å². The standard InChI is InChI=1S/C15H13NOS2/c1-11-14(10-17-12-6-3-2-4-7-12)19-15(16-11)13-8-5-9-18-13/h2-9H,10H2,1H3. The molecule has 0 saturated heterocycles. The van der Waals surface area contributed by atoms with Crippen LogP contribution in [0.4, 0.5) is 0 Å². The minimum Gasteiger partial charge on any atom is -0.488 e.